The maximum atomic E-state index is 11.3. The third-order valence-corrected chi connectivity index (χ3v) is 4.69. The molecule has 0 aromatic heterocycles. The molecule has 0 atom stereocenters. The molecular weight excluding hydrogens is 311 g/mol. The Morgan fingerprint density at radius 1 is 1.50 bits per heavy atom. The Morgan fingerprint density at radius 2 is 2.21 bits per heavy atom. The van der Waals surface area contributed by atoms with E-state index in [1.165, 1.54) is 4.46 Å². The van der Waals surface area contributed by atoms with Crippen LogP contribution in [0, 0.1) is 0 Å². The van der Waals surface area contributed by atoms with Gasteiger partial charge in [0.2, 0.25) is 0 Å². The SMILES string of the molecule is CCOC(=O)Cc1ccccc1[Se]Br. The maximum absolute atomic E-state index is 11.3. The van der Waals surface area contributed by atoms with Gasteiger partial charge in [0.15, 0.2) is 0 Å². The van der Waals surface area contributed by atoms with Gasteiger partial charge in [-0.15, -0.1) is 0 Å². The summed E-state index contributed by atoms with van der Waals surface area (Å²) >= 11 is 3.69. The van der Waals surface area contributed by atoms with Crippen molar-refractivity contribution in [3.8, 4) is 0 Å². The number of ether oxygens (including phenoxy) is 1. The van der Waals surface area contributed by atoms with E-state index >= 15 is 0 Å². The van der Waals surface area contributed by atoms with Crippen molar-refractivity contribution in [2.45, 2.75) is 13.3 Å². The quantitative estimate of drug-likeness (QED) is 0.619. The van der Waals surface area contributed by atoms with Gasteiger partial charge in [-0.3, -0.25) is 0 Å². The summed E-state index contributed by atoms with van der Waals surface area (Å²) < 4.78 is 6.10. The molecule has 0 aliphatic carbocycles. The van der Waals surface area contributed by atoms with Crippen LogP contribution in [0.2, 0.25) is 0 Å². The van der Waals surface area contributed by atoms with Crippen LogP contribution in [0.1, 0.15) is 12.5 Å². The number of hydrogen-bond acceptors (Lipinski definition) is 2. The molecule has 1 aromatic rings. The van der Waals surface area contributed by atoms with E-state index in [1.54, 1.807) is 0 Å². The topological polar surface area (TPSA) is 26.3 Å². The molecule has 0 amide bonds. The van der Waals surface area contributed by atoms with Crippen LogP contribution in [0.5, 0.6) is 0 Å². The number of esters is 1. The average molecular weight is 322 g/mol. The van der Waals surface area contributed by atoms with Gasteiger partial charge in [0.25, 0.3) is 0 Å². The van der Waals surface area contributed by atoms with E-state index in [2.05, 4.69) is 14.1 Å². The minimum atomic E-state index is -0.156. The van der Waals surface area contributed by atoms with Crippen molar-refractivity contribution >= 4 is 37.7 Å². The van der Waals surface area contributed by atoms with Crippen LogP contribution in [0.25, 0.3) is 0 Å². The van der Waals surface area contributed by atoms with Crippen molar-refractivity contribution in [2.24, 2.45) is 0 Å². The van der Waals surface area contributed by atoms with Gasteiger partial charge in [-0.1, -0.05) is 0 Å². The summed E-state index contributed by atoms with van der Waals surface area (Å²) in [6.07, 6.45) is 0.372. The Bertz CT molecular complexity index is 315. The summed E-state index contributed by atoms with van der Waals surface area (Å²) in [7, 11) is 0. The number of carbonyl (C=O) groups is 1. The Hall–Kier alpha value is -0.311. The van der Waals surface area contributed by atoms with Gasteiger partial charge in [-0.2, -0.15) is 0 Å². The zero-order chi connectivity index (χ0) is 10.4. The second-order valence-electron chi connectivity index (χ2n) is 2.67. The molecule has 0 spiro atoms. The van der Waals surface area contributed by atoms with E-state index in [9.17, 15) is 4.79 Å². The van der Waals surface area contributed by atoms with Gasteiger partial charge in [-0.25, -0.2) is 0 Å². The molecule has 0 aliphatic rings. The van der Waals surface area contributed by atoms with Crippen LogP contribution in [0.4, 0.5) is 0 Å². The zero-order valence-electron chi connectivity index (χ0n) is 7.83. The molecular formula is C10H11BrO2Se. The number of hydrogen-bond donors (Lipinski definition) is 0. The van der Waals surface area contributed by atoms with Crippen molar-refractivity contribution in [1.82, 2.24) is 0 Å². The van der Waals surface area contributed by atoms with Crippen molar-refractivity contribution in [3.63, 3.8) is 0 Å². The van der Waals surface area contributed by atoms with Gasteiger partial charge >= 0.3 is 97.0 Å². The first-order chi connectivity index (χ1) is 6.77. The van der Waals surface area contributed by atoms with E-state index in [-0.39, 0.29) is 19.1 Å². The van der Waals surface area contributed by atoms with E-state index in [0.29, 0.717) is 13.0 Å². The normalized spacial score (nSPS) is 9.86. The standard InChI is InChI=1S/C10H11BrO2Se/c1-2-13-10(12)7-8-5-3-4-6-9(8)14-11/h3-6H,2,7H2,1H3. The van der Waals surface area contributed by atoms with Gasteiger partial charge in [0.05, 0.1) is 0 Å². The summed E-state index contributed by atoms with van der Waals surface area (Å²) in [6.45, 7) is 2.26. The molecule has 0 heterocycles. The van der Waals surface area contributed by atoms with Gasteiger partial charge in [0.1, 0.15) is 0 Å². The van der Waals surface area contributed by atoms with Crippen LogP contribution in [0.3, 0.4) is 0 Å². The molecule has 4 heteroatoms. The summed E-state index contributed by atoms with van der Waals surface area (Å²) in [5.74, 6) is -0.156. The number of halogens is 1. The summed E-state index contributed by atoms with van der Waals surface area (Å²) in [5, 5.41) is 0. The molecule has 0 radical (unpaired) electrons. The molecule has 0 saturated carbocycles. The first-order valence-electron chi connectivity index (χ1n) is 4.30. The third kappa shape index (κ3) is 3.45. The summed E-state index contributed by atoms with van der Waals surface area (Å²) in [4.78, 5) is 11.3. The van der Waals surface area contributed by atoms with Crippen molar-refractivity contribution in [3.05, 3.63) is 29.8 Å². The fourth-order valence-electron chi connectivity index (χ4n) is 1.09. The Balaban J connectivity index is 2.70. The molecule has 1 aromatic carbocycles. The van der Waals surface area contributed by atoms with E-state index in [1.807, 2.05) is 31.2 Å². The molecule has 2 nitrogen and oxygen atoms in total. The number of rotatable bonds is 4. The monoisotopic (exact) mass is 322 g/mol. The second kappa shape index (κ2) is 6.23. The van der Waals surface area contributed by atoms with Crippen molar-refractivity contribution in [2.75, 3.05) is 6.61 Å². The van der Waals surface area contributed by atoms with Gasteiger partial charge in [0, 0.05) is 0 Å². The summed E-state index contributed by atoms with van der Waals surface area (Å²) in [5.41, 5.74) is 1.06. The molecule has 14 heavy (non-hydrogen) atoms. The molecule has 0 N–H and O–H groups in total. The first kappa shape index (κ1) is 11.8. The zero-order valence-corrected chi connectivity index (χ0v) is 11.1. The molecule has 0 saturated heterocycles. The first-order valence-corrected chi connectivity index (χ1v) is 9.17. The fourth-order valence-corrected chi connectivity index (χ4v) is 3.51. The van der Waals surface area contributed by atoms with E-state index < -0.39 is 0 Å². The Morgan fingerprint density at radius 3 is 2.86 bits per heavy atom. The van der Waals surface area contributed by atoms with Crippen molar-refractivity contribution < 1.29 is 9.53 Å². The number of benzene rings is 1. The molecule has 76 valence electrons. The summed E-state index contributed by atoms with van der Waals surface area (Å²) in [6, 6.07) is 7.92. The number of carbonyl (C=O) groups excluding carboxylic acids is 1. The molecule has 0 fully saturated rings. The van der Waals surface area contributed by atoms with Crippen LogP contribution in [-0.2, 0) is 16.0 Å². The fraction of sp³-hybridized carbons (Fsp3) is 0.300. The molecule has 0 unspecified atom stereocenters. The van der Waals surface area contributed by atoms with Crippen molar-refractivity contribution in [1.29, 1.82) is 0 Å². The molecule has 0 bridgehead atoms. The second-order valence-corrected chi connectivity index (χ2v) is 5.60. The Labute approximate surface area is 96.9 Å². The predicted octanol–water partition coefficient (Wildman–Crippen LogP) is 1.43. The van der Waals surface area contributed by atoms with Gasteiger partial charge < -0.3 is 0 Å². The van der Waals surface area contributed by atoms with Crippen LogP contribution in [-0.4, -0.2) is 25.7 Å². The van der Waals surface area contributed by atoms with Crippen LogP contribution in [0.15, 0.2) is 24.3 Å². The van der Waals surface area contributed by atoms with Crippen LogP contribution < -0.4 is 4.46 Å². The van der Waals surface area contributed by atoms with Crippen LogP contribution >= 0.6 is 14.1 Å². The Kier molecular flexibility index (Phi) is 5.23. The average Bonchev–Trinajstić information content (AvgIpc) is 2.19. The van der Waals surface area contributed by atoms with E-state index in [4.69, 9.17) is 4.74 Å². The molecule has 1 rings (SSSR count). The molecule has 0 aliphatic heterocycles. The predicted molar refractivity (Wildman–Crippen MR) is 61.1 cm³/mol. The third-order valence-electron chi connectivity index (χ3n) is 1.70. The van der Waals surface area contributed by atoms with Gasteiger partial charge in [-0.05, 0) is 0 Å². The minimum absolute atomic E-state index is 0.156. The van der Waals surface area contributed by atoms with E-state index in [0.717, 1.165) is 5.56 Å².